The molecule has 0 atom stereocenters. The molecule has 0 fully saturated rings. The summed E-state index contributed by atoms with van der Waals surface area (Å²) in [6, 6.07) is 4.50. The third-order valence-corrected chi connectivity index (χ3v) is 4.29. The van der Waals surface area contributed by atoms with Crippen molar-refractivity contribution in [1.82, 2.24) is 10.3 Å². The molecule has 1 heterocycles. The molecule has 2 rings (SSSR count). The van der Waals surface area contributed by atoms with Crippen LogP contribution in [0.4, 0.5) is 5.82 Å². The van der Waals surface area contributed by atoms with Crippen molar-refractivity contribution in [3.8, 4) is 6.07 Å². The molecule has 0 aliphatic rings. The number of hydrogen-bond acceptors (Lipinski definition) is 7. The number of amides is 1. The van der Waals surface area contributed by atoms with Gasteiger partial charge in [0.1, 0.15) is 11.8 Å². The number of nitriles is 1. The summed E-state index contributed by atoms with van der Waals surface area (Å²) in [7, 11) is -3.65. The van der Waals surface area contributed by atoms with Gasteiger partial charge in [0.25, 0.3) is 5.91 Å². The van der Waals surface area contributed by atoms with Gasteiger partial charge in [0.2, 0.25) is 5.82 Å². The fraction of sp³-hybridized carbons (Fsp3) is 0.231. The first-order chi connectivity index (χ1) is 10.3. The zero-order valence-electron chi connectivity index (χ0n) is 12.0. The van der Waals surface area contributed by atoms with Crippen LogP contribution in [-0.2, 0) is 9.84 Å². The van der Waals surface area contributed by atoms with Crippen LogP contribution in [0.1, 0.15) is 27.2 Å². The molecule has 1 aromatic heterocycles. The number of aryl methyl sites for hydroxylation is 1. The van der Waals surface area contributed by atoms with Gasteiger partial charge < -0.3 is 5.32 Å². The molecule has 0 saturated carbocycles. The van der Waals surface area contributed by atoms with Gasteiger partial charge in [-0.3, -0.25) is 4.79 Å². The van der Waals surface area contributed by atoms with Crippen molar-refractivity contribution in [2.24, 2.45) is 0 Å². The minimum atomic E-state index is -3.65. The standard InChI is InChI=1S/C13H12N4O4S/c1-7-10(13(18)15-12-8(2)16-21-17-12)5-4-9(6-14)11(7)22(3,19)20/h4-5H,1-3H3,(H,15,17,18). The summed E-state index contributed by atoms with van der Waals surface area (Å²) in [6.45, 7) is 3.07. The molecule has 0 bridgehead atoms. The van der Waals surface area contributed by atoms with Crippen molar-refractivity contribution in [1.29, 1.82) is 5.26 Å². The Labute approximate surface area is 126 Å². The predicted molar refractivity (Wildman–Crippen MR) is 76.0 cm³/mol. The first kappa shape index (κ1) is 15.7. The van der Waals surface area contributed by atoms with Crippen LogP contribution < -0.4 is 5.32 Å². The van der Waals surface area contributed by atoms with E-state index in [1.807, 2.05) is 6.07 Å². The van der Waals surface area contributed by atoms with E-state index in [2.05, 4.69) is 20.3 Å². The highest BCUT2D eigenvalue weighted by molar-refractivity contribution is 7.90. The van der Waals surface area contributed by atoms with Crippen molar-refractivity contribution < 1.29 is 17.8 Å². The maximum atomic E-state index is 12.3. The maximum Gasteiger partial charge on any atom is 0.257 e. The second-order valence-electron chi connectivity index (χ2n) is 4.65. The number of aromatic nitrogens is 2. The molecule has 0 spiro atoms. The summed E-state index contributed by atoms with van der Waals surface area (Å²) in [6.07, 6.45) is 0.990. The molecule has 1 aromatic carbocycles. The highest BCUT2D eigenvalue weighted by Gasteiger charge is 2.22. The summed E-state index contributed by atoms with van der Waals surface area (Å²) < 4.78 is 28.2. The molecule has 0 unspecified atom stereocenters. The number of nitrogens with one attached hydrogen (secondary N) is 1. The number of carbonyl (C=O) groups excluding carboxylic acids is 1. The first-order valence-electron chi connectivity index (χ1n) is 6.10. The van der Waals surface area contributed by atoms with Gasteiger partial charge >= 0.3 is 0 Å². The lowest BCUT2D eigenvalue weighted by Gasteiger charge is -2.11. The Morgan fingerprint density at radius 1 is 1.32 bits per heavy atom. The maximum absolute atomic E-state index is 12.3. The van der Waals surface area contributed by atoms with Crippen molar-refractivity contribution in [2.45, 2.75) is 18.7 Å². The van der Waals surface area contributed by atoms with Crippen LogP contribution in [0.5, 0.6) is 0 Å². The number of hydrogen-bond donors (Lipinski definition) is 1. The van der Waals surface area contributed by atoms with Crippen LogP contribution in [0.2, 0.25) is 0 Å². The molecule has 114 valence electrons. The van der Waals surface area contributed by atoms with E-state index in [9.17, 15) is 13.2 Å². The number of rotatable bonds is 3. The average molecular weight is 320 g/mol. The fourth-order valence-electron chi connectivity index (χ4n) is 2.02. The predicted octanol–water partition coefficient (Wildman–Crippen LogP) is 1.21. The summed E-state index contributed by atoms with van der Waals surface area (Å²) in [5.74, 6) is -0.416. The minimum Gasteiger partial charge on any atom is -0.302 e. The molecule has 22 heavy (non-hydrogen) atoms. The Bertz CT molecular complexity index is 893. The van der Waals surface area contributed by atoms with Crippen LogP contribution in [0, 0.1) is 25.2 Å². The van der Waals surface area contributed by atoms with Gasteiger partial charge in [-0.2, -0.15) is 5.26 Å². The van der Waals surface area contributed by atoms with Gasteiger partial charge in [0, 0.05) is 11.8 Å². The van der Waals surface area contributed by atoms with Gasteiger partial charge in [-0.15, -0.1) is 0 Å². The third-order valence-electron chi connectivity index (χ3n) is 3.03. The normalized spacial score (nSPS) is 11.0. The molecule has 0 radical (unpaired) electrons. The zero-order valence-corrected chi connectivity index (χ0v) is 12.9. The summed E-state index contributed by atoms with van der Waals surface area (Å²) >= 11 is 0. The Balaban J connectivity index is 2.52. The minimum absolute atomic E-state index is 0.00386. The van der Waals surface area contributed by atoms with Gasteiger partial charge in [-0.05, 0) is 36.7 Å². The van der Waals surface area contributed by atoms with Gasteiger partial charge in [0.05, 0.1) is 10.5 Å². The van der Waals surface area contributed by atoms with Crippen LogP contribution in [0.3, 0.4) is 0 Å². The van der Waals surface area contributed by atoms with E-state index in [1.165, 1.54) is 19.1 Å². The lowest BCUT2D eigenvalue weighted by molar-refractivity contribution is 0.102. The molecule has 0 saturated heterocycles. The van der Waals surface area contributed by atoms with E-state index >= 15 is 0 Å². The van der Waals surface area contributed by atoms with E-state index in [1.54, 1.807) is 6.92 Å². The Morgan fingerprint density at radius 2 is 2.00 bits per heavy atom. The Kier molecular flexibility index (Phi) is 3.97. The van der Waals surface area contributed by atoms with E-state index < -0.39 is 15.7 Å². The zero-order chi connectivity index (χ0) is 16.5. The molecule has 1 N–H and O–H groups in total. The van der Waals surface area contributed by atoms with Crippen LogP contribution in [-0.4, -0.2) is 30.9 Å². The number of sulfone groups is 1. The SMILES string of the molecule is Cc1nonc1NC(=O)c1ccc(C#N)c(S(C)(=O)=O)c1C. The fourth-order valence-corrected chi connectivity index (χ4v) is 3.20. The monoisotopic (exact) mass is 320 g/mol. The molecular formula is C13H12N4O4S. The quantitative estimate of drug-likeness (QED) is 0.900. The summed E-state index contributed by atoms with van der Waals surface area (Å²) in [5, 5.41) is 18.6. The molecule has 2 aromatic rings. The van der Waals surface area contributed by atoms with E-state index in [0.717, 1.165) is 6.26 Å². The van der Waals surface area contributed by atoms with Crippen molar-refractivity contribution in [3.63, 3.8) is 0 Å². The smallest absolute Gasteiger partial charge is 0.257 e. The van der Waals surface area contributed by atoms with Crippen LogP contribution >= 0.6 is 0 Å². The van der Waals surface area contributed by atoms with E-state index in [4.69, 9.17) is 5.26 Å². The highest BCUT2D eigenvalue weighted by atomic mass is 32.2. The van der Waals surface area contributed by atoms with Crippen molar-refractivity contribution in [3.05, 3.63) is 34.5 Å². The molecule has 0 aliphatic heterocycles. The molecule has 9 heteroatoms. The van der Waals surface area contributed by atoms with Gasteiger partial charge in [-0.1, -0.05) is 5.16 Å². The molecule has 1 amide bonds. The van der Waals surface area contributed by atoms with Gasteiger partial charge in [0.15, 0.2) is 9.84 Å². The number of anilines is 1. The summed E-state index contributed by atoms with van der Waals surface area (Å²) in [4.78, 5) is 12.1. The third kappa shape index (κ3) is 2.82. The second-order valence-corrected chi connectivity index (χ2v) is 6.60. The topological polar surface area (TPSA) is 126 Å². The van der Waals surface area contributed by atoms with Crippen LogP contribution in [0.15, 0.2) is 21.7 Å². The Morgan fingerprint density at radius 3 is 2.50 bits per heavy atom. The van der Waals surface area contributed by atoms with Crippen LogP contribution in [0.25, 0.3) is 0 Å². The number of carbonyl (C=O) groups is 1. The van der Waals surface area contributed by atoms with E-state index in [-0.39, 0.29) is 27.4 Å². The Hall–Kier alpha value is -2.73. The van der Waals surface area contributed by atoms with Gasteiger partial charge in [-0.25, -0.2) is 13.0 Å². The second kappa shape index (κ2) is 5.57. The number of benzene rings is 1. The molecule has 0 aliphatic carbocycles. The van der Waals surface area contributed by atoms with Crippen molar-refractivity contribution in [2.75, 3.05) is 11.6 Å². The molecule has 8 nitrogen and oxygen atoms in total. The lowest BCUT2D eigenvalue weighted by Crippen LogP contribution is -2.16. The highest BCUT2D eigenvalue weighted by Crippen LogP contribution is 2.24. The van der Waals surface area contributed by atoms with E-state index in [0.29, 0.717) is 5.69 Å². The first-order valence-corrected chi connectivity index (χ1v) is 7.99. The number of nitrogens with zero attached hydrogens (tertiary/aromatic N) is 3. The van der Waals surface area contributed by atoms with Crippen molar-refractivity contribution >= 4 is 21.6 Å². The average Bonchev–Trinajstić information content (AvgIpc) is 2.82. The molecular weight excluding hydrogens is 308 g/mol. The largest absolute Gasteiger partial charge is 0.302 e. The summed E-state index contributed by atoms with van der Waals surface area (Å²) in [5.41, 5.74) is 0.716. The lowest BCUT2D eigenvalue weighted by atomic mass is 10.0.